The molecule has 0 bridgehead atoms. The first-order valence-electron chi connectivity index (χ1n) is 4.64. The highest BCUT2D eigenvalue weighted by molar-refractivity contribution is 6.00. The van der Waals surface area contributed by atoms with Crippen LogP contribution in [0.1, 0.15) is 12.5 Å². The first-order valence-corrected chi connectivity index (χ1v) is 4.64. The molecule has 0 fully saturated rings. The maximum Gasteiger partial charge on any atom is 0.319 e. The van der Waals surface area contributed by atoms with E-state index in [-0.39, 0.29) is 12.0 Å². The Morgan fingerprint density at radius 1 is 1.44 bits per heavy atom. The van der Waals surface area contributed by atoms with E-state index in [1.54, 1.807) is 6.07 Å². The van der Waals surface area contributed by atoms with E-state index in [9.17, 15) is 14.0 Å². The third kappa shape index (κ3) is 2.18. The molecule has 0 aromatic heterocycles. The summed E-state index contributed by atoms with van der Waals surface area (Å²) in [4.78, 5) is 22.1. The highest BCUT2D eigenvalue weighted by Gasteiger charge is 2.40. The second-order valence-corrected chi connectivity index (χ2v) is 3.77. The third-order valence-corrected chi connectivity index (χ3v) is 2.52. The van der Waals surface area contributed by atoms with E-state index in [1.165, 1.54) is 25.1 Å². The van der Waals surface area contributed by atoms with Gasteiger partial charge in [-0.05, 0) is 18.6 Å². The third-order valence-electron chi connectivity index (χ3n) is 2.52. The lowest BCUT2D eigenvalue weighted by Gasteiger charge is -2.20. The van der Waals surface area contributed by atoms with Crippen molar-refractivity contribution in [3.8, 4) is 0 Å². The van der Waals surface area contributed by atoms with Gasteiger partial charge in [0.1, 0.15) is 11.2 Å². The van der Waals surface area contributed by atoms with Crippen molar-refractivity contribution >= 4 is 11.9 Å². The lowest BCUT2D eigenvalue weighted by atomic mass is 9.83. The molecule has 86 valence electrons. The fourth-order valence-electron chi connectivity index (χ4n) is 1.29. The molecule has 0 radical (unpaired) electrons. The van der Waals surface area contributed by atoms with Crippen LogP contribution in [0, 0.1) is 11.2 Å². The summed E-state index contributed by atoms with van der Waals surface area (Å²) >= 11 is 0. The van der Waals surface area contributed by atoms with Crippen molar-refractivity contribution in [1.82, 2.24) is 0 Å². The number of primary amides is 1. The zero-order valence-electron chi connectivity index (χ0n) is 8.74. The molecule has 5 heteroatoms. The molecule has 1 aromatic carbocycles. The van der Waals surface area contributed by atoms with Gasteiger partial charge in [-0.1, -0.05) is 18.2 Å². The molecule has 4 nitrogen and oxygen atoms in total. The quantitative estimate of drug-likeness (QED) is 0.748. The van der Waals surface area contributed by atoms with Crippen LogP contribution < -0.4 is 5.73 Å². The summed E-state index contributed by atoms with van der Waals surface area (Å²) < 4.78 is 13.3. The smallest absolute Gasteiger partial charge is 0.319 e. The summed E-state index contributed by atoms with van der Waals surface area (Å²) in [6, 6.07) is 5.70. The Morgan fingerprint density at radius 2 is 2.00 bits per heavy atom. The van der Waals surface area contributed by atoms with Crippen LogP contribution in [-0.2, 0) is 16.0 Å². The predicted octanol–water partition coefficient (Wildman–Crippen LogP) is 0.944. The fraction of sp³-hybridized carbons (Fsp3) is 0.273. The van der Waals surface area contributed by atoms with Crippen LogP contribution in [0.3, 0.4) is 0 Å². The minimum absolute atomic E-state index is 0.159. The molecule has 0 spiro atoms. The van der Waals surface area contributed by atoms with E-state index in [1.807, 2.05) is 0 Å². The molecule has 0 saturated heterocycles. The number of carboxylic acid groups (broad SMARTS) is 1. The van der Waals surface area contributed by atoms with E-state index in [0.717, 1.165) is 0 Å². The average molecular weight is 225 g/mol. The van der Waals surface area contributed by atoms with E-state index in [0.29, 0.717) is 0 Å². The number of aliphatic carboxylic acids is 1. The van der Waals surface area contributed by atoms with Gasteiger partial charge in [0.05, 0.1) is 0 Å². The topological polar surface area (TPSA) is 80.4 Å². The largest absolute Gasteiger partial charge is 0.480 e. The zero-order chi connectivity index (χ0) is 12.3. The molecule has 0 heterocycles. The first-order chi connectivity index (χ1) is 7.38. The second kappa shape index (κ2) is 4.30. The van der Waals surface area contributed by atoms with Crippen LogP contribution in [0.15, 0.2) is 24.3 Å². The summed E-state index contributed by atoms with van der Waals surface area (Å²) in [5.41, 5.74) is 3.40. The van der Waals surface area contributed by atoms with Gasteiger partial charge in [-0.2, -0.15) is 0 Å². The first kappa shape index (κ1) is 12.2. The van der Waals surface area contributed by atoms with Gasteiger partial charge in [-0.3, -0.25) is 9.59 Å². The normalized spacial score (nSPS) is 14.1. The summed E-state index contributed by atoms with van der Waals surface area (Å²) in [6.07, 6.45) is -0.260. The van der Waals surface area contributed by atoms with Gasteiger partial charge in [-0.25, -0.2) is 4.39 Å². The number of nitrogens with two attached hydrogens (primary N) is 1. The molecule has 0 aliphatic carbocycles. The number of carbonyl (C=O) groups excluding carboxylic acids is 1. The molecular weight excluding hydrogens is 213 g/mol. The number of carbonyl (C=O) groups is 2. The van der Waals surface area contributed by atoms with Crippen molar-refractivity contribution in [3.63, 3.8) is 0 Å². The highest BCUT2D eigenvalue weighted by Crippen LogP contribution is 2.24. The lowest BCUT2D eigenvalue weighted by Crippen LogP contribution is -2.43. The van der Waals surface area contributed by atoms with Gasteiger partial charge in [0.2, 0.25) is 5.91 Å². The van der Waals surface area contributed by atoms with E-state index in [2.05, 4.69) is 0 Å². The monoisotopic (exact) mass is 225 g/mol. The van der Waals surface area contributed by atoms with Gasteiger partial charge in [0, 0.05) is 6.42 Å². The summed E-state index contributed by atoms with van der Waals surface area (Å²) in [6.45, 7) is 1.18. The van der Waals surface area contributed by atoms with Gasteiger partial charge in [0.15, 0.2) is 0 Å². The van der Waals surface area contributed by atoms with Gasteiger partial charge < -0.3 is 10.8 Å². The van der Waals surface area contributed by atoms with Crippen LogP contribution >= 0.6 is 0 Å². The zero-order valence-corrected chi connectivity index (χ0v) is 8.74. The lowest BCUT2D eigenvalue weighted by molar-refractivity contribution is -0.153. The number of benzene rings is 1. The second-order valence-electron chi connectivity index (χ2n) is 3.77. The Labute approximate surface area is 91.9 Å². The Bertz CT molecular complexity index is 417. The van der Waals surface area contributed by atoms with Gasteiger partial charge >= 0.3 is 5.97 Å². The molecule has 1 rings (SSSR count). The Kier molecular flexibility index (Phi) is 3.27. The molecule has 3 N–H and O–H groups in total. The fourth-order valence-corrected chi connectivity index (χ4v) is 1.29. The van der Waals surface area contributed by atoms with Crippen LogP contribution in [0.25, 0.3) is 0 Å². The van der Waals surface area contributed by atoms with Crippen LogP contribution in [0.5, 0.6) is 0 Å². The van der Waals surface area contributed by atoms with E-state index < -0.39 is 23.1 Å². The molecule has 0 aliphatic rings. The van der Waals surface area contributed by atoms with Crippen LogP contribution in [0.4, 0.5) is 4.39 Å². The molecule has 16 heavy (non-hydrogen) atoms. The van der Waals surface area contributed by atoms with Crippen LogP contribution in [-0.4, -0.2) is 17.0 Å². The van der Waals surface area contributed by atoms with E-state index >= 15 is 0 Å². The maximum absolute atomic E-state index is 13.3. The minimum Gasteiger partial charge on any atom is -0.480 e. The number of carboxylic acids is 1. The molecule has 1 atom stereocenters. The van der Waals surface area contributed by atoms with Crippen molar-refractivity contribution in [3.05, 3.63) is 35.6 Å². The summed E-state index contributed by atoms with van der Waals surface area (Å²) in [5, 5.41) is 8.93. The van der Waals surface area contributed by atoms with Gasteiger partial charge in [-0.15, -0.1) is 0 Å². The Balaban J connectivity index is 3.07. The molecular formula is C11H12FNO3. The number of halogens is 1. The standard InChI is InChI=1S/C11H12FNO3/c1-11(9(13)14,10(15)16)6-7-4-2-3-5-8(7)12/h2-5H,6H2,1H3,(H2,13,14)(H,15,16). The maximum atomic E-state index is 13.3. The number of hydrogen-bond acceptors (Lipinski definition) is 2. The molecule has 0 saturated carbocycles. The molecule has 1 aromatic rings. The van der Waals surface area contributed by atoms with Crippen LogP contribution in [0.2, 0.25) is 0 Å². The minimum atomic E-state index is -1.79. The van der Waals surface area contributed by atoms with Gasteiger partial charge in [0.25, 0.3) is 0 Å². The summed E-state index contributed by atoms with van der Waals surface area (Å²) in [5.74, 6) is -2.89. The average Bonchev–Trinajstić information content (AvgIpc) is 2.20. The molecule has 1 unspecified atom stereocenters. The molecule has 1 amide bonds. The number of amides is 1. The van der Waals surface area contributed by atoms with Crippen molar-refractivity contribution in [2.24, 2.45) is 11.1 Å². The summed E-state index contributed by atoms with van der Waals surface area (Å²) in [7, 11) is 0. The predicted molar refractivity (Wildman–Crippen MR) is 55.0 cm³/mol. The number of hydrogen-bond donors (Lipinski definition) is 2. The van der Waals surface area contributed by atoms with Crippen molar-refractivity contribution < 1.29 is 19.1 Å². The van der Waals surface area contributed by atoms with E-state index in [4.69, 9.17) is 10.8 Å². The Hall–Kier alpha value is -1.91. The highest BCUT2D eigenvalue weighted by atomic mass is 19.1. The number of rotatable bonds is 4. The Morgan fingerprint density at radius 3 is 2.44 bits per heavy atom. The SMILES string of the molecule is CC(Cc1ccccc1F)(C(N)=O)C(=O)O. The van der Waals surface area contributed by atoms with Crippen molar-refractivity contribution in [2.45, 2.75) is 13.3 Å². The van der Waals surface area contributed by atoms with Crippen molar-refractivity contribution in [2.75, 3.05) is 0 Å². The van der Waals surface area contributed by atoms with Crippen molar-refractivity contribution in [1.29, 1.82) is 0 Å². The molecule has 0 aliphatic heterocycles.